The lowest BCUT2D eigenvalue weighted by Gasteiger charge is -2.27. The van der Waals surface area contributed by atoms with Gasteiger partial charge >= 0.3 is 0 Å². The van der Waals surface area contributed by atoms with Gasteiger partial charge in [0.2, 0.25) is 0 Å². The largest absolute Gasteiger partial charge is 0.310 e. The van der Waals surface area contributed by atoms with Gasteiger partial charge in [-0.2, -0.15) is 0 Å². The number of hydrogen-bond donors (Lipinski definition) is 0. The molecule has 0 amide bonds. The van der Waals surface area contributed by atoms with Gasteiger partial charge in [0.15, 0.2) is 0 Å². The van der Waals surface area contributed by atoms with Crippen LogP contribution in [0.2, 0.25) is 0 Å². The van der Waals surface area contributed by atoms with Crippen LogP contribution in [0.15, 0.2) is 279 Å². The number of para-hydroxylation sites is 1. The number of anilines is 3. The molecule has 0 unspecified atom stereocenters. The molecule has 2 nitrogen and oxygen atoms in total. The molecular formula is C68H46N2. The van der Waals surface area contributed by atoms with Crippen molar-refractivity contribution in [2.24, 2.45) is 0 Å². The second-order valence-electron chi connectivity index (χ2n) is 18.2. The second kappa shape index (κ2) is 17.4. The third-order valence-electron chi connectivity index (χ3n) is 13.9. The lowest BCUT2D eigenvalue weighted by atomic mass is 9.94. The van der Waals surface area contributed by atoms with Gasteiger partial charge in [-0.05, 0) is 162 Å². The fraction of sp³-hybridized carbons (Fsp3) is 0. The molecule has 0 atom stereocenters. The monoisotopic (exact) mass is 890 g/mol. The first-order valence-electron chi connectivity index (χ1n) is 24.1. The average Bonchev–Trinajstić information content (AvgIpc) is 3.77. The van der Waals surface area contributed by atoms with Gasteiger partial charge in [-0.15, -0.1) is 0 Å². The van der Waals surface area contributed by atoms with Crippen molar-refractivity contribution in [2.45, 2.75) is 0 Å². The lowest BCUT2D eigenvalue weighted by Crippen LogP contribution is -2.10. The predicted molar refractivity (Wildman–Crippen MR) is 298 cm³/mol. The normalized spacial score (nSPS) is 11.4. The minimum Gasteiger partial charge on any atom is -0.310 e. The summed E-state index contributed by atoms with van der Waals surface area (Å²) in [6.07, 6.45) is 0. The van der Waals surface area contributed by atoms with E-state index in [9.17, 15) is 0 Å². The Kier molecular flexibility index (Phi) is 10.2. The minimum absolute atomic E-state index is 1.10. The van der Waals surface area contributed by atoms with Gasteiger partial charge in [-0.1, -0.05) is 194 Å². The van der Waals surface area contributed by atoms with Crippen LogP contribution in [-0.2, 0) is 0 Å². The van der Waals surface area contributed by atoms with Crippen LogP contribution >= 0.6 is 0 Å². The van der Waals surface area contributed by atoms with Crippen molar-refractivity contribution in [1.29, 1.82) is 0 Å². The Morgan fingerprint density at radius 2 is 0.629 bits per heavy atom. The molecule has 1 aromatic heterocycles. The molecule has 1 heterocycles. The van der Waals surface area contributed by atoms with E-state index in [1.807, 2.05) is 0 Å². The molecule has 0 N–H and O–H groups in total. The van der Waals surface area contributed by atoms with Crippen molar-refractivity contribution in [2.75, 3.05) is 4.90 Å². The van der Waals surface area contributed by atoms with Gasteiger partial charge in [0.25, 0.3) is 0 Å². The van der Waals surface area contributed by atoms with E-state index in [1.54, 1.807) is 0 Å². The fourth-order valence-corrected chi connectivity index (χ4v) is 10.4. The maximum atomic E-state index is 2.46. The van der Waals surface area contributed by atoms with E-state index in [2.05, 4.69) is 289 Å². The Morgan fingerprint density at radius 1 is 0.214 bits per heavy atom. The third kappa shape index (κ3) is 7.59. The Morgan fingerprint density at radius 3 is 1.21 bits per heavy atom. The minimum atomic E-state index is 1.10. The highest BCUT2D eigenvalue weighted by Crippen LogP contribution is 2.42. The molecule has 0 aliphatic rings. The molecule has 13 rings (SSSR count). The fourth-order valence-electron chi connectivity index (χ4n) is 10.4. The smallest absolute Gasteiger partial charge is 0.0541 e. The van der Waals surface area contributed by atoms with Crippen molar-refractivity contribution in [3.8, 4) is 61.3 Å². The van der Waals surface area contributed by atoms with Crippen LogP contribution in [0.3, 0.4) is 0 Å². The van der Waals surface area contributed by atoms with Gasteiger partial charge in [-0.25, -0.2) is 0 Å². The van der Waals surface area contributed by atoms with E-state index in [0.717, 1.165) is 45.0 Å². The van der Waals surface area contributed by atoms with Gasteiger partial charge < -0.3 is 9.47 Å². The van der Waals surface area contributed by atoms with Crippen molar-refractivity contribution < 1.29 is 0 Å². The molecule has 0 radical (unpaired) electrons. The topological polar surface area (TPSA) is 8.17 Å². The third-order valence-corrected chi connectivity index (χ3v) is 13.9. The molecule has 0 saturated carbocycles. The first kappa shape index (κ1) is 41.0. The molecule has 13 aromatic rings. The Hall–Kier alpha value is -9.24. The van der Waals surface area contributed by atoms with Crippen LogP contribution in [-0.4, -0.2) is 4.57 Å². The van der Waals surface area contributed by atoms with Gasteiger partial charge in [0, 0.05) is 33.5 Å². The summed E-state index contributed by atoms with van der Waals surface area (Å²) in [6, 6.07) is 102. The predicted octanol–water partition coefficient (Wildman–Crippen LogP) is 18.9. The van der Waals surface area contributed by atoms with Crippen molar-refractivity contribution in [3.05, 3.63) is 279 Å². The van der Waals surface area contributed by atoms with Crippen LogP contribution in [0.5, 0.6) is 0 Å². The maximum Gasteiger partial charge on any atom is 0.0541 e. The summed E-state index contributed by atoms with van der Waals surface area (Å²) >= 11 is 0. The van der Waals surface area contributed by atoms with E-state index in [4.69, 9.17) is 0 Å². The van der Waals surface area contributed by atoms with E-state index in [0.29, 0.717) is 0 Å². The summed E-state index contributed by atoms with van der Waals surface area (Å²) in [5.74, 6) is 0. The highest BCUT2D eigenvalue weighted by Gasteiger charge is 2.19. The molecule has 0 spiro atoms. The zero-order chi connectivity index (χ0) is 46.4. The molecule has 0 aliphatic carbocycles. The van der Waals surface area contributed by atoms with E-state index < -0.39 is 0 Å². The highest BCUT2D eigenvalue weighted by atomic mass is 15.1. The average molecular weight is 891 g/mol. The zero-order valence-corrected chi connectivity index (χ0v) is 38.5. The van der Waals surface area contributed by atoms with E-state index in [1.165, 1.54) is 76.8 Å². The SMILES string of the molecule is c1ccc(-c2cccc(-c3cc(-c4cccc(-c5ccccc5)c4)cc(-n4c5ccccc5c5cc(-c6cccc(N(c7ccc8ccccc8c7)c7ccc8ccccc8c7)c6)ccc54)c3)c2)cc1. The molecule has 70 heavy (non-hydrogen) atoms. The molecule has 2 heteroatoms. The molecule has 0 fully saturated rings. The molecule has 0 saturated heterocycles. The first-order valence-corrected chi connectivity index (χ1v) is 24.1. The van der Waals surface area contributed by atoms with Crippen molar-refractivity contribution >= 4 is 60.4 Å². The van der Waals surface area contributed by atoms with Gasteiger partial charge in [0.05, 0.1) is 11.0 Å². The Bertz CT molecular complexity index is 3890. The van der Waals surface area contributed by atoms with Crippen LogP contribution in [0.1, 0.15) is 0 Å². The standard InChI is InChI=1S/C68H46N2/c1-3-16-47(17-4-1)51-24-13-26-53(38-51)59-40-60(54-27-14-25-52(39-54)48-18-5-2-6-19-48)45-64(44-59)70-67-31-12-11-30-65(67)66-46-58(34-37-68(66)70)57-28-15-29-61(43-57)69(62-35-32-49-20-7-9-22-55(49)41-62)63-36-33-50-21-8-10-23-56(50)42-63/h1-46H. The van der Waals surface area contributed by atoms with Gasteiger partial charge in [-0.3, -0.25) is 0 Å². The number of aromatic nitrogens is 1. The van der Waals surface area contributed by atoms with Crippen molar-refractivity contribution in [3.63, 3.8) is 0 Å². The molecule has 0 bridgehead atoms. The Labute approximate surface area is 408 Å². The maximum absolute atomic E-state index is 2.46. The summed E-state index contributed by atoms with van der Waals surface area (Å²) in [7, 11) is 0. The number of rotatable bonds is 9. The highest BCUT2D eigenvalue weighted by molar-refractivity contribution is 6.11. The quantitative estimate of drug-likeness (QED) is 0.140. The van der Waals surface area contributed by atoms with Crippen LogP contribution in [0.25, 0.3) is 105 Å². The molecule has 0 aliphatic heterocycles. The number of nitrogens with zero attached hydrogens (tertiary/aromatic N) is 2. The molecule has 328 valence electrons. The molecular weight excluding hydrogens is 845 g/mol. The van der Waals surface area contributed by atoms with Crippen molar-refractivity contribution in [1.82, 2.24) is 4.57 Å². The second-order valence-corrected chi connectivity index (χ2v) is 18.2. The summed E-state index contributed by atoms with van der Waals surface area (Å²) < 4.78 is 2.46. The van der Waals surface area contributed by atoms with Crippen LogP contribution in [0.4, 0.5) is 17.1 Å². The van der Waals surface area contributed by atoms with Gasteiger partial charge in [0.1, 0.15) is 0 Å². The van der Waals surface area contributed by atoms with E-state index in [-0.39, 0.29) is 0 Å². The first-order chi connectivity index (χ1) is 34.7. The summed E-state index contributed by atoms with van der Waals surface area (Å²) in [5, 5.41) is 7.30. The molecule has 12 aromatic carbocycles. The lowest BCUT2D eigenvalue weighted by molar-refractivity contribution is 1.18. The van der Waals surface area contributed by atoms with Crippen LogP contribution < -0.4 is 4.90 Å². The summed E-state index contributed by atoms with van der Waals surface area (Å²) in [5.41, 5.74) is 18.6. The summed E-state index contributed by atoms with van der Waals surface area (Å²) in [4.78, 5) is 2.39. The summed E-state index contributed by atoms with van der Waals surface area (Å²) in [6.45, 7) is 0. The number of benzene rings is 12. The van der Waals surface area contributed by atoms with E-state index >= 15 is 0 Å². The number of hydrogen-bond acceptors (Lipinski definition) is 1. The van der Waals surface area contributed by atoms with Crippen LogP contribution in [0, 0.1) is 0 Å². The number of fused-ring (bicyclic) bond motifs is 5. The Balaban J connectivity index is 0.959. The zero-order valence-electron chi connectivity index (χ0n) is 38.5.